The Morgan fingerprint density at radius 1 is 0.378 bits per heavy atom. The van der Waals surface area contributed by atoms with Gasteiger partial charge in [0.2, 0.25) is 0 Å². The summed E-state index contributed by atoms with van der Waals surface area (Å²) >= 11 is 0. The van der Waals surface area contributed by atoms with E-state index in [9.17, 15) is 0 Å². The highest BCUT2D eigenvalue weighted by Gasteiger charge is 2.22. The van der Waals surface area contributed by atoms with E-state index in [-0.39, 0.29) is 0 Å². The number of para-hydroxylation sites is 3. The molecular weight excluding hydrogens is 550 g/mol. The van der Waals surface area contributed by atoms with Gasteiger partial charge in [-0.3, -0.25) is 0 Å². The van der Waals surface area contributed by atoms with Crippen molar-refractivity contribution < 1.29 is 8.83 Å². The van der Waals surface area contributed by atoms with E-state index < -0.39 is 0 Å². The summed E-state index contributed by atoms with van der Waals surface area (Å²) in [5.41, 5.74) is 11.3. The molecule has 212 valence electrons. The lowest BCUT2D eigenvalue weighted by Gasteiger charge is -2.26. The van der Waals surface area contributed by atoms with Crippen molar-refractivity contribution in [1.82, 2.24) is 0 Å². The normalized spacial score (nSPS) is 11.6. The van der Waals surface area contributed by atoms with E-state index in [0.717, 1.165) is 77.6 Å². The molecule has 0 aliphatic rings. The van der Waals surface area contributed by atoms with Gasteiger partial charge in [-0.05, 0) is 76.9 Å². The average molecular weight is 578 g/mol. The maximum atomic E-state index is 6.68. The van der Waals surface area contributed by atoms with Crippen LogP contribution in [0.3, 0.4) is 0 Å². The summed E-state index contributed by atoms with van der Waals surface area (Å²) in [6.07, 6.45) is 0. The number of furan rings is 2. The van der Waals surface area contributed by atoms with Gasteiger partial charge in [-0.2, -0.15) is 0 Å². The van der Waals surface area contributed by atoms with Crippen LogP contribution in [0.25, 0.3) is 66.1 Å². The highest BCUT2D eigenvalue weighted by molar-refractivity contribution is 6.16. The minimum atomic E-state index is 0.864. The second-order valence-corrected chi connectivity index (χ2v) is 11.3. The molecule has 45 heavy (non-hydrogen) atoms. The molecule has 3 nitrogen and oxygen atoms in total. The first kappa shape index (κ1) is 25.4. The Hall–Kier alpha value is -6.06. The molecule has 0 saturated carbocycles. The zero-order valence-corrected chi connectivity index (χ0v) is 24.4. The summed E-state index contributed by atoms with van der Waals surface area (Å²) in [6.45, 7) is 0. The Morgan fingerprint density at radius 3 is 1.76 bits per heavy atom. The van der Waals surface area contributed by atoms with Crippen LogP contribution in [0.4, 0.5) is 17.1 Å². The molecule has 0 spiro atoms. The van der Waals surface area contributed by atoms with Gasteiger partial charge < -0.3 is 13.7 Å². The molecule has 2 aromatic heterocycles. The zero-order chi connectivity index (χ0) is 29.7. The molecule has 0 N–H and O–H groups in total. The molecule has 0 fully saturated rings. The van der Waals surface area contributed by atoms with Crippen molar-refractivity contribution in [3.63, 3.8) is 0 Å². The fourth-order valence-electron chi connectivity index (χ4n) is 6.56. The highest BCUT2D eigenvalue weighted by Crippen LogP contribution is 2.46. The fraction of sp³-hybridized carbons (Fsp3) is 0. The monoisotopic (exact) mass is 577 g/mol. The van der Waals surface area contributed by atoms with Crippen molar-refractivity contribution in [3.8, 4) is 22.3 Å². The van der Waals surface area contributed by atoms with Crippen molar-refractivity contribution in [2.75, 3.05) is 4.90 Å². The van der Waals surface area contributed by atoms with E-state index in [1.807, 2.05) is 18.2 Å². The number of rotatable bonds is 5. The van der Waals surface area contributed by atoms with Gasteiger partial charge in [-0.25, -0.2) is 0 Å². The molecule has 0 aliphatic carbocycles. The largest absolute Gasteiger partial charge is 0.456 e. The number of anilines is 3. The number of fused-ring (bicyclic) bond motifs is 6. The highest BCUT2D eigenvalue weighted by atomic mass is 16.3. The van der Waals surface area contributed by atoms with Gasteiger partial charge in [-0.1, -0.05) is 109 Å². The predicted octanol–water partition coefficient (Wildman–Crippen LogP) is 12.3. The Balaban J connectivity index is 1.21. The van der Waals surface area contributed by atoms with E-state index in [0.29, 0.717) is 0 Å². The predicted molar refractivity (Wildman–Crippen MR) is 187 cm³/mol. The minimum absolute atomic E-state index is 0.864. The summed E-state index contributed by atoms with van der Waals surface area (Å²) in [5.74, 6) is 0. The molecule has 9 aromatic rings. The van der Waals surface area contributed by atoms with Crippen LogP contribution in [0.5, 0.6) is 0 Å². The van der Waals surface area contributed by atoms with Crippen LogP contribution >= 0.6 is 0 Å². The van der Waals surface area contributed by atoms with Crippen molar-refractivity contribution in [2.45, 2.75) is 0 Å². The lowest BCUT2D eigenvalue weighted by Crippen LogP contribution is -2.10. The lowest BCUT2D eigenvalue weighted by molar-refractivity contribution is 0.668. The maximum absolute atomic E-state index is 6.68. The molecule has 0 bridgehead atoms. The summed E-state index contributed by atoms with van der Waals surface area (Å²) in [6, 6.07) is 57.2. The molecular formula is C42H27NO2. The van der Waals surface area contributed by atoms with Crippen LogP contribution < -0.4 is 4.90 Å². The first-order valence-corrected chi connectivity index (χ1v) is 15.2. The van der Waals surface area contributed by atoms with Crippen LogP contribution in [0.2, 0.25) is 0 Å². The van der Waals surface area contributed by atoms with Crippen LogP contribution in [-0.4, -0.2) is 0 Å². The van der Waals surface area contributed by atoms with Gasteiger partial charge in [0.05, 0.1) is 5.69 Å². The van der Waals surface area contributed by atoms with Gasteiger partial charge in [0.15, 0.2) is 5.58 Å². The first-order chi connectivity index (χ1) is 22.3. The average Bonchev–Trinajstić information content (AvgIpc) is 3.69. The van der Waals surface area contributed by atoms with Gasteiger partial charge in [0, 0.05) is 32.9 Å². The number of benzene rings is 7. The van der Waals surface area contributed by atoms with E-state index in [4.69, 9.17) is 8.83 Å². The van der Waals surface area contributed by atoms with Crippen molar-refractivity contribution in [1.29, 1.82) is 0 Å². The molecule has 0 saturated heterocycles. The van der Waals surface area contributed by atoms with Crippen molar-refractivity contribution in [3.05, 3.63) is 164 Å². The molecule has 0 aliphatic heterocycles. The topological polar surface area (TPSA) is 29.5 Å². The van der Waals surface area contributed by atoms with E-state index in [1.54, 1.807) is 0 Å². The number of nitrogens with zero attached hydrogens (tertiary/aromatic N) is 1. The molecule has 0 amide bonds. The standard InChI is InChI=1S/C42H27NO2/c1-3-11-29(12-4-1)33-24-25-37(42-41(33)35-16-8-10-18-39(35)45-42)43(31-13-5-2-6-14-31)32-22-19-28(20-23-32)30-21-26-40-36(27-30)34-15-7-9-17-38(34)44-40/h1-27H. The van der Waals surface area contributed by atoms with Crippen molar-refractivity contribution >= 4 is 60.9 Å². The lowest BCUT2D eigenvalue weighted by atomic mass is 9.98. The third kappa shape index (κ3) is 4.21. The summed E-state index contributed by atoms with van der Waals surface area (Å²) in [5, 5.41) is 4.49. The Kier molecular flexibility index (Phi) is 5.82. The smallest absolute Gasteiger partial charge is 0.160 e. The Morgan fingerprint density at radius 2 is 0.978 bits per heavy atom. The summed E-state index contributed by atoms with van der Waals surface area (Å²) in [7, 11) is 0. The maximum Gasteiger partial charge on any atom is 0.160 e. The number of hydrogen-bond donors (Lipinski definition) is 0. The van der Waals surface area contributed by atoms with Crippen LogP contribution in [0, 0.1) is 0 Å². The first-order valence-electron chi connectivity index (χ1n) is 15.2. The Bertz CT molecular complexity index is 2470. The van der Waals surface area contributed by atoms with E-state index in [1.165, 1.54) is 5.56 Å². The van der Waals surface area contributed by atoms with Crippen LogP contribution in [0.15, 0.2) is 173 Å². The SMILES string of the molecule is c1ccc(-c2ccc(N(c3ccccc3)c3ccc(-c4ccc5oc6ccccc6c5c4)cc3)c3oc4ccccc4c23)cc1. The van der Waals surface area contributed by atoms with Crippen molar-refractivity contribution in [2.24, 2.45) is 0 Å². The third-order valence-corrected chi connectivity index (χ3v) is 8.68. The van der Waals surface area contributed by atoms with E-state index >= 15 is 0 Å². The molecule has 0 atom stereocenters. The molecule has 0 unspecified atom stereocenters. The quantitative estimate of drug-likeness (QED) is 0.204. The summed E-state index contributed by atoms with van der Waals surface area (Å²) in [4.78, 5) is 2.29. The molecule has 9 rings (SSSR count). The second kappa shape index (κ2) is 10.3. The van der Waals surface area contributed by atoms with Crippen LogP contribution in [-0.2, 0) is 0 Å². The van der Waals surface area contributed by atoms with Gasteiger partial charge in [0.1, 0.15) is 16.7 Å². The second-order valence-electron chi connectivity index (χ2n) is 11.3. The minimum Gasteiger partial charge on any atom is -0.456 e. The molecule has 2 heterocycles. The van der Waals surface area contributed by atoms with E-state index in [2.05, 4.69) is 150 Å². The molecule has 3 heteroatoms. The fourth-order valence-corrected chi connectivity index (χ4v) is 6.56. The van der Waals surface area contributed by atoms with Gasteiger partial charge in [-0.15, -0.1) is 0 Å². The van der Waals surface area contributed by atoms with Gasteiger partial charge >= 0.3 is 0 Å². The Labute approximate surface area is 260 Å². The summed E-state index contributed by atoms with van der Waals surface area (Å²) < 4.78 is 12.8. The molecule has 7 aromatic carbocycles. The number of hydrogen-bond acceptors (Lipinski definition) is 3. The zero-order valence-electron chi connectivity index (χ0n) is 24.4. The van der Waals surface area contributed by atoms with Gasteiger partial charge in [0.25, 0.3) is 0 Å². The van der Waals surface area contributed by atoms with Crippen LogP contribution in [0.1, 0.15) is 0 Å². The molecule has 0 radical (unpaired) electrons. The third-order valence-electron chi connectivity index (χ3n) is 8.68.